The molecule has 0 bridgehead atoms. The van der Waals surface area contributed by atoms with E-state index < -0.39 is 0 Å². The van der Waals surface area contributed by atoms with E-state index in [1.165, 1.54) is 0 Å². The smallest absolute Gasteiger partial charge is 0.258 e. The second-order valence-corrected chi connectivity index (χ2v) is 9.37. The highest BCUT2D eigenvalue weighted by molar-refractivity contribution is 6.11. The summed E-state index contributed by atoms with van der Waals surface area (Å²) in [7, 11) is 0. The van der Waals surface area contributed by atoms with E-state index >= 15 is 0 Å². The normalized spacial score (nSPS) is 16.2. The molecule has 4 aromatic rings. The summed E-state index contributed by atoms with van der Waals surface area (Å²) in [4.78, 5) is 42.6. The molecule has 6 heteroatoms. The summed E-state index contributed by atoms with van der Waals surface area (Å²) in [6.07, 6.45) is 0.452. The molecule has 1 fully saturated rings. The molecule has 182 valence electrons. The van der Waals surface area contributed by atoms with Crippen LogP contribution >= 0.6 is 0 Å². The lowest BCUT2D eigenvalue weighted by molar-refractivity contribution is -0.116. The number of ketones is 1. The summed E-state index contributed by atoms with van der Waals surface area (Å²) in [6.45, 7) is 0.863. The molecular weight excluding hydrogens is 462 g/mol. The molecular formula is C31H25N3O3. The predicted molar refractivity (Wildman–Crippen MR) is 145 cm³/mol. The average molecular weight is 488 g/mol. The highest BCUT2D eigenvalue weighted by atomic mass is 16.2. The van der Waals surface area contributed by atoms with Crippen molar-refractivity contribution in [3.63, 3.8) is 0 Å². The highest BCUT2D eigenvalue weighted by Gasteiger charge is 2.39. The lowest BCUT2D eigenvalue weighted by Gasteiger charge is -2.39. The van der Waals surface area contributed by atoms with E-state index in [0.29, 0.717) is 36.3 Å². The molecule has 6 rings (SSSR count). The first-order chi connectivity index (χ1) is 18.1. The van der Waals surface area contributed by atoms with E-state index in [2.05, 4.69) is 10.2 Å². The fraction of sp³-hybridized carbons (Fsp3) is 0.129. The largest absolute Gasteiger partial charge is 0.357 e. The van der Waals surface area contributed by atoms with E-state index in [0.717, 1.165) is 22.5 Å². The minimum Gasteiger partial charge on any atom is -0.357 e. The molecule has 37 heavy (non-hydrogen) atoms. The summed E-state index contributed by atoms with van der Waals surface area (Å²) in [5.41, 5.74) is 5.27. The van der Waals surface area contributed by atoms with Crippen molar-refractivity contribution in [2.24, 2.45) is 0 Å². The predicted octanol–water partition coefficient (Wildman–Crippen LogP) is 5.41. The maximum absolute atomic E-state index is 13.5. The molecule has 0 unspecified atom stereocenters. The van der Waals surface area contributed by atoms with Crippen molar-refractivity contribution in [2.45, 2.75) is 12.5 Å². The SMILES string of the molecule is O=C1C[C@H]2CN(C(=O)c3ccc(NC(=O)c4ccccc4-c4ccccc4)cc3)c3ccccc3N2C1. The van der Waals surface area contributed by atoms with Gasteiger partial charge >= 0.3 is 0 Å². The van der Waals surface area contributed by atoms with Crippen LogP contribution in [0.15, 0.2) is 103 Å². The fourth-order valence-electron chi connectivity index (χ4n) is 5.24. The molecule has 1 N–H and O–H groups in total. The van der Waals surface area contributed by atoms with Gasteiger partial charge in [0.1, 0.15) is 0 Å². The second-order valence-electron chi connectivity index (χ2n) is 9.37. The van der Waals surface area contributed by atoms with E-state index in [1.807, 2.05) is 72.8 Å². The van der Waals surface area contributed by atoms with Gasteiger partial charge in [-0.05, 0) is 53.6 Å². The zero-order valence-electron chi connectivity index (χ0n) is 20.1. The van der Waals surface area contributed by atoms with Gasteiger partial charge < -0.3 is 15.1 Å². The Kier molecular flexibility index (Phi) is 5.77. The first kappa shape index (κ1) is 22.7. The Morgan fingerprint density at radius 2 is 1.43 bits per heavy atom. The van der Waals surface area contributed by atoms with Crippen molar-refractivity contribution < 1.29 is 14.4 Å². The summed E-state index contributed by atoms with van der Waals surface area (Å²) in [5, 5.41) is 2.96. The van der Waals surface area contributed by atoms with Crippen molar-refractivity contribution in [1.29, 1.82) is 0 Å². The number of amides is 2. The van der Waals surface area contributed by atoms with Gasteiger partial charge in [-0.2, -0.15) is 0 Å². The van der Waals surface area contributed by atoms with Crippen LogP contribution in [-0.4, -0.2) is 36.7 Å². The molecule has 0 aliphatic carbocycles. The van der Waals surface area contributed by atoms with Crippen LogP contribution in [0.1, 0.15) is 27.1 Å². The molecule has 0 aromatic heterocycles. The van der Waals surface area contributed by atoms with Gasteiger partial charge in [0.2, 0.25) is 0 Å². The summed E-state index contributed by atoms with van der Waals surface area (Å²) in [5.74, 6) is -0.142. The number of fused-ring (bicyclic) bond motifs is 3. The minimum absolute atomic E-state index is 0.00501. The number of rotatable bonds is 4. The number of hydrogen-bond acceptors (Lipinski definition) is 4. The van der Waals surface area contributed by atoms with Gasteiger partial charge in [-0.3, -0.25) is 14.4 Å². The van der Waals surface area contributed by atoms with Gasteiger partial charge in [0.15, 0.2) is 5.78 Å². The number of benzene rings is 4. The third kappa shape index (κ3) is 4.27. The lowest BCUT2D eigenvalue weighted by Crippen LogP contribution is -2.48. The van der Waals surface area contributed by atoms with Crippen molar-refractivity contribution in [3.05, 3.63) is 114 Å². The van der Waals surface area contributed by atoms with Crippen LogP contribution in [0.2, 0.25) is 0 Å². The molecule has 6 nitrogen and oxygen atoms in total. The van der Waals surface area contributed by atoms with Gasteiger partial charge in [-0.15, -0.1) is 0 Å². The number of carbonyl (C=O) groups excluding carboxylic acids is 3. The summed E-state index contributed by atoms with van der Waals surface area (Å²) >= 11 is 0. The van der Waals surface area contributed by atoms with Crippen molar-refractivity contribution in [2.75, 3.05) is 28.2 Å². The van der Waals surface area contributed by atoms with Crippen LogP contribution in [0.3, 0.4) is 0 Å². The highest BCUT2D eigenvalue weighted by Crippen LogP contribution is 2.39. The van der Waals surface area contributed by atoms with E-state index in [-0.39, 0.29) is 23.6 Å². The number of nitrogens with one attached hydrogen (secondary N) is 1. The Morgan fingerprint density at radius 1 is 0.757 bits per heavy atom. The summed E-state index contributed by atoms with van der Waals surface area (Å²) < 4.78 is 0. The zero-order chi connectivity index (χ0) is 25.4. The number of hydrogen-bond donors (Lipinski definition) is 1. The Labute approximate surface area is 215 Å². The van der Waals surface area contributed by atoms with Crippen LogP contribution in [0.4, 0.5) is 17.1 Å². The van der Waals surface area contributed by atoms with E-state index in [4.69, 9.17) is 0 Å². The van der Waals surface area contributed by atoms with Gasteiger partial charge in [0, 0.05) is 29.8 Å². The van der Waals surface area contributed by atoms with Crippen LogP contribution in [0.5, 0.6) is 0 Å². The van der Waals surface area contributed by atoms with Gasteiger partial charge in [0.05, 0.1) is 24.0 Å². The minimum atomic E-state index is -0.213. The van der Waals surface area contributed by atoms with E-state index in [9.17, 15) is 14.4 Å². The lowest BCUT2D eigenvalue weighted by atomic mass is 9.99. The first-order valence-electron chi connectivity index (χ1n) is 12.3. The topological polar surface area (TPSA) is 69.7 Å². The maximum Gasteiger partial charge on any atom is 0.258 e. The van der Waals surface area contributed by atoms with Crippen LogP contribution in [0, 0.1) is 0 Å². The maximum atomic E-state index is 13.5. The Bertz CT molecular complexity index is 1500. The Morgan fingerprint density at radius 3 is 2.22 bits per heavy atom. The van der Waals surface area contributed by atoms with Gasteiger partial charge in [0.25, 0.3) is 11.8 Å². The van der Waals surface area contributed by atoms with Crippen LogP contribution in [-0.2, 0) is 4.79 Å². The number of nitrogens with zero attached hydrogens (tertiary/aromatic N) is 2. The number of anilines is 3. The molecule has 0 saturated carbocycles. The third-order valence-corrected chi connectivity index (χ3v) is 7.02. The van der Waals surface area contributed by atoms with E-state index in [1.54, 1.807) is 35.2 Å². The fourth-order valence-corrected chi connectivity index (χ4v) is 5.24. The van der Waals surface area contributed by atoms with Crippen molar-refractivity contribution >= 4 is 34.7 Å². The molecule has 0 spiro atoms. The molecule has 2 aliphatic rings. The molecule has 0 radical (unpaired) electrons. The standard InChI is InChI=1S/C31H25N3O3/c35-25-18-24-19-34(29-13-7-6-12-28(29)33(24)20-25)31(37)22-14-16-23(17-15-22)32-30(36)27-11-5-4-10-26(27)21-8-2-1-3-9-21/h1-17,24H,18-20H2,(H,32,36)/t24-/m0/s1. The molecule has 4 aromatic carbocycles. The average Bonchev–Trinajstić information content (AvgIpc) is 3.33. The molecule has 1 atom stereocenters. The zero-order valence-corrected chi connectivity index (χ0v) is 20.1. The summed E-state index contributed by atoms with van der Waals surface area (Å²) in [6, 6.07) is 32.0. The van der Waals surface area contributed by atoms with Crippen LogP contribution < -0.4 is 15.1 Å². The van der Waals surface area contributed by atoms with Crippen molar-refractivity contribution in [3.8, 4) is 11.1 Å². The molecule has 2 heterocycles. The molecule has 1 saturated heterocycles. The van der Waals surface area contributed by atoms with Crippen molar-refractivity contribution in [1.82, 2.24) is 0 Å². The Balaban J connectivity index is 1.21. The van der Waals surface area contributed by atoms with Gasteiger partial charge in [-0.1, -0.05) is 60.7 Å². The number of carbonyl (C=O) groups is 3. The first-order valence-corrected chi connectivity index (χ1v) is 12.3. The molecule has 2 amide bonds. The quantitative estimate of drug-likeness (QED) is 0.418. The van der Waals surface area contributed by atoms with Crippen LogP contribution in [0.25, 0.3) is 11.1 Å². The van der Waals surface area contributed by atoms with Gasteiger partial charge in [-0.25, -0.2) is 0 Å². The number of Topliss-reactive ketones (excluding diaryl/α,β-unsaturated/α-hetero) is 1. The molecule has 2 aliphatic heterocycles. The Hall–Kier alpha value is -4.71. The third-order valence-electron chi connectivity index (χ3n) is 7.02. The second kappa shape index (κ2) is 9.39. The monoisotopic (exact) mass is 487 g/mol. The number of para-hydroxylation sites is 2.